The molecular weight excluding hydrogens is 403 g/mol. The van der Waals surface area contributed by atoms with Crippen LogP contribution in [0.15, 0.2) is 48.5 Å². The maximum absolute atomic E-state index is 14.1. The summed E-state index contributed by atoms with van der Waals surface area (Å²) in [6.07, 6.45) is -0.386. The molecule has 1 aliphatic rings. The number of morpholine rings is 1. The Bertz CT molecular complexity index is 890. The molecule has 0 saturated carbocycles. The maximum Gasteiger partial charge on any atom is 0.256 e. The number of halogens is 1. The zero-order valence-corrected chi connectivity index (χ0v) is 17.8. The van der Waals surface area contributed by atoms with Gasteiger partial charge in [0.05, 0.1) is 32.0 Å². The molecule has 2 amide bonds. The number of hydrogen-bond donors (Lipinski definition) is 0. The SMILES string of the molecule is COCCN(CC1CN(C(=O)c2ccc(OC)cc2)CCO1)C(=O)c1ccccc1F. The fourth-order valence-corrected chi connectivity index (χ4v) is 3.46. The Morgan fingerprint density at radius 2 is 1.90 bits per heavy atom. The minimum Gasteiger partial charge on any atom is -0.497 e. The number of rotatable bonds is 8. The third-order valence-electron chi connectivity index (χ3n) is 5.14. The van der Waals surface area contributed by atoms with E-state index in [1.807, 2.05) is 0 Å². The highest BCUT2D eigenvalue weighted by molar-refractivity contribution is 5.95. The van der Waals surface area contributed by atoms with E-state index < -0.39 is 11.7 Å². The summed E-state index contributed by atoms with van der Waals surface area (Å²) in [5.74, 6) is -0.440. The smallest absolute Gasteiger partial charge is 0.256 e. The maximum atomic E-state index is 14.1. The molecule has 2 aromatic carbocycles. The van der Waals surface area contributed by atoms with Gasteiger partial charge in [-0.3, -0.25) is 9.59 Å². The van der Waals surface area contributed by atoms with Crippen LogP contribution in [0.1, 0.15) is 20.7 Å². The number of carbonyl (C=O) groups excluding carboxylic acids is 2. The van der Waals surface area contributed by atoms with Crippen molar-refractivity contribution in [1.82, 2.24) is 9.80 Å². The molecule has 2 aromatic rings. The first-order valence-electron chi connectivity index (χ1n) is 10.1. The van der Waals surface area contributed by atoms with Crippen molar-refractivity contribution in [3.63, 3.8) is 0 Å². The molecule has 1 saturated heterocycles. The molecule has 0 spiro atoms. The zero-order valence-electron chi connectivity index (χ0n) is 17.8. The lowest BCUT2D eigenvalue weighted by Gasteiger charge is -2.36. The zero-order chi connectivity index (χ0) is 22.2. The summed E-state index contributed by atoms with van der Waals surface area (Å²) < 4.78 is 30.2. The summed E-state index contributed by atoms with van der Waals surface area (Å²) in [5.41, 5.74) is 0.556. The highest BCUT2D eigenvalue weighted by atomic mass is 19.1. The molecule has 0 aliphatic carbocycles. The molecule has 1 heterocycles. The van der Waals surface area contributed by atoms with Gasteiger partial charge in [0.15, 0.2) is 0 Å². The van der Waals surface area contributed by atoms with E-state index in [0.717, 1.165) is 0 Å². The molecule has 1 aliphatic heterocycles. The molecule has 1 atom stereocenters. The minimum atomic E-state index is -0.573. The highest BCUT2D eigenvalue weighted by Gasteiger charge is 2.29. The predicted molar refractivity (Wildman–Crippen MR) is 113 cm³/mol. The van der Waals surface area contributed by atoms with Crippen LogP contribution in [0.4, 0.5) is 4.39 Å². The van der Waals surface area contributed by atoms with Gasteiger partial charge in [0.2, 0.25) is 0 Å². The van der Waals surface area contributed by atoms with Gasteiger partial charge in [0.1, 0.15) is 11.6 Å². The van der Waals surface area contributed by atoms with Crippen LogP contribution in [0.5, 0.6) is 5.75 Å². The summed E-state index contributed by atoms with van der Waals surface area (Å²) in [4.78, 5) is 29.0. The van der Waals surface area contributed by atoms with Gasteiger partial charge in [-0.25, -0.2) is 4.39 Å². The Labute approximate surface area is 181 Å². The number of benzene rings is 2. The summed E-state index contributed by atoms with van der Waals surface area (Å²) in [7, 11) is 3.11. The van der Waals surface area contributed by atoms with Gasteiger partial charge < -0.3 is 24.0 Å². The van der Waals surface area contributed by atoms with Crippen LogP contribution >= 0.6 is 0 Å². The van der Waals surface area contributed by atoms with Crippen molar-refractivity contribution in [3.8, 4) is 5.75 Å². The van der Waals surface area contributed by atoms with Gasteiger partial charge in [-0.1, -0.05) is 12.1 Å². The third-order valence-corrected chi connectivity index (χ3v) is 5.14. The van der Waals surface area contributed by atoms with E-state index >= 15 is 0 Å². The van der Waals surface area contributed by atoms with Crippen LogP contribution in [0.2, 0.25) is 0 Å². The molecule has 0 N–H and O–H groups in total. The Balaban J connectivity index is 1.68. The summed E-state index contributed by atoms with van der Waals surface area (Å²) in [6, 6.07) is 12.8. The summed E-state index contributed by atoms with van der Waals surface area (Å²) in [5, 5.41) is 0. The lowest BCUT2D eigenvalue weighted by Crippen LogP contribution is -2.51. The molecule has 166 valence electrons. The Hall–Kier alpha value is -2.97. The first kappa shape index (κ1) is 22.7. The number of amides is 2. The Morgan fingerprint density at radius 3 is 2.58 bits per heavy atom. The van der Waals surface area contributed by atoms with Crippen molar-refractivity contribution in [3.05, 3.63) is 65.5 Å². The van der Waals surface area contributed by atoms with Crippen LogP contribution in [-0.2, 0) is 9.47 Å². The van der Waals surface area contributed by atoms with Crippen LogP contribution < -0.4 is 4.74 Å². The first-order valence-corrected chi connectivity index (χ1v) is 10.1. The Kier molecular flexibility index (Phi) is 7.97. The first-order chi connectivity index (χ1) is 15.0. The van der Waals surface area contributed by atoms with Gasteiger partial charge in [0.25, 0.3) is 11.8 Å². The fraction of sp³-hybridized carbons (Fsp3) is 0.391. The van der Waals surface area contributed by atoms with E-state index in [0.29, 0.717) is 37.6 Å². The number of ether oxygens (including phenoxy) is 3. The Morgan fingerprint density at radius 1 is 1.16 bits per heavy atom. The quantitative estimate of drug-likeness (QED) is 0.644. The van der Waals surface area contributed by atoms with E-state index in [1.54, 1.807) is 48.4 Å². The lowest BCUT2D eigenvalue weighted by atomic mass is 10.1. The second kappa shape index (κ2) is 10.9. The second-order valence-corrected chi connectivity index (χ2v) is 7.20. The molecule has 0 radical (unpaired) electrons. The molecule has 31 heavy (non-hydrogen) atoms. The van der Waals surface area contributed by atoms with Crippen LogP contribution in [0.25, 0.3) is 0 Å². The average Bonchev–Trinajstić information content (AvgIpc) is 2.81. The van der Waals surface area contributed by atoms with E-state index in [1.165, 1.54) is 24.1 Å². The standard InChI is InChI=1S/C23H27FN2O5/c1-29-13-11-26(23(28)20-5-3-4-6-21(20)24)16-19-15-25(12-14-31-19)22(27)17-7-9-18(30-2)10-8-17/h3-10,19H,11-16H2,1-2H3. The monoisotopic (exact) mass is 430 g/mol. The average molecular weight is 430 g/mol. The number of methoxy groups -OCH3 is 2. The third kappa shape index (κ3) is 5.80. The summed E-state index contributed by atoms with van der Waals surface area (Å²) >= 11 is 0. The van der Waals surface area contributed by atoms with Crippen molar-refractivity contribution in [2.75, 3.05) is 53.6 Å². The normalized spacial score (nSPS) is 16.1. The number of hydrogen-bond acceptors (Lipinski definition) is 5. The van der Waals surface area contributed by atoms with Crippen molar-refractivity contribution in [2.45, 2.75) is 6.10 Å². The van der Waals surface area contributed by atoms with E-state index in [2.05, 4.69) is 0 Å². The molecule has 8 heteroatoms. The van der Waals surface area contributed by atoms with E-state index in [-0.39, 0.29) is 30.7 Å². The molecule has 0 aromatic heterocycles. The van der Waals surface area contributed by atoms with Crippen molar-refractivity contribution >= 4 is 11.8 Å². The minimum absolute atomic E-state index is 0.000535. The lowest BCUT2D eigenvalue weighted by molar-refractivity contribution is -0.0347. The van der Waals surface area contributed by atoms with Gasteiger partial charge in [-0.05, 0) is 36.4 Å². The van der Waals surface area contributed by atoms with Gasteiger partial charge >= 0.3 is 0 Å². The van der Waals surface area contributed by atoms with Crippen molar-refractivity contribution in [2.24, 2.45) is 0 Å². The van der Waals surface area contributed by atoms with Crippen LogP contribution in [-0.4, -0.2) is 81.3 Å². The van der Waals surface area contributed by atoms with Gasteiger partial charge in [-0.15, -0.1) is 0 Å². The van der Waals surface area contributed by atoms with Gasteiger partial charge in [0, 0.05) is 38.9 Å². The number of carbonyl (C=O) groups is 2. The molecule has 3 rings (SSSR count). The van der Waals surface area contributed by atoms with Crippen molar-refractivity contribution in [1.29, 1.82) is 0 Å². The van der Waals surface area contributed by atoms with Crippen LogP contribution in [0.3, 0.4) is 0 Å². The highest BCUT2D eigenvalue weighted by Crippen LogP contribution is 2.17. The molecule has 0 bridgehead atoms. The van der Waals surface area contributed by atoms with Crippen LogP contribution in [0, 0.1) is 5.82 Å². The summed E-state index contributed by atoms with van der Waals surface area (Å²) in [6.45, 7) is 1.97. The van der Waals surface area contributed by atoms with E-state index in [4.69, 9.17) is 14.2 Å². The van der Waals surface area contributed by atoms with Crippen molar-refractivity contribution < 1.29 is 28.2 Å². The van der Waals surface area contributed by atoms with Gasteiger partial charge in [-0.2, -0.15) is 0 Å². The number of nitrogens with zero attached hydrogens (tertiary/aromatic N) is 2. The molecular formula is C23H27FN2O5. The fourth-order valence-electron chi connectivity index (χ4n) is 3.46. The predicted octanol–water partition coefficient (Wildman–Crippen LogP) is 2.46. The molecule has 7 nitrogen and oxygen atoms in total. The van der Waals surface area contributed by atoms with E-state index in [9.17, 15) is 14.0 Å². The molecule has 1 fully saturated rings. The molecule has 1 unspecified atom stereocenters. The second-order valence-electron chi connectivity index (χ2n) is 7.20. The largest absolute Gasteiger partial charge is 0.497 e. The topological polar surface area (TPSA) is 68.3 Å².